The minimum atomic E-state index is -1.07. The van der Waals surface area contributed by atoms with E-state index in [0.29, 0.717) is 11.6 Å². The van der Waals surface area contributed by atoms with Crippen LogP contribution in [-0.2, 0) is 6.42 Å². The highest BCUT2D eigenvalue weighted by atomic mass is 16.4. The molecule has 0 spiro atoms. The molecule has 0 aliphatic carbocycles. The molecule has 1 rings (SSSR count). The Morgan fingerprint density at radius 1 is 1.50 bits per heavy atom. The number of hydrogen-bond acceptors (Lipinski definition) is 3. The van der Waals surface area contributed by atoms with E-state index in [1.807, 2.05) is 6.07 Å². The fraction of sp³-hybridized carbons (Fsp3) is 0.500. The van der Waals surface area contributed by atoms with Crippen molar-refractivity contribution in [1.82, 2.24) is 9.97 Å². The summed E-state index contributed by atoms with van der Waals surface area (Å²) in [5.41, 5.74) is 1.50. The summed E-state index contributed by atoms with van der Waals surface area (Å²) in [6.45, 7) is 5.91. The number of aryl methyl sites for hydroxylation is 1. The first kappa shape index (κ1) is 10.6. The standard InChI is InChI=1S/C10H14N2O2/c1-6(2)4-8-5-7(3)11-9(12-8)10(13)14/h5-6H,4H2,1-3H3,(H,13,14). The zero-order valence-electron chi connectivity index (χ0n) is 8.61. The van der Waals surface area contributed by atoms with E-state index in [9.17, 15) is 4.79 Å². The van der Waals surface area contributed by atoms with Crippen molar-refractivity contribution in [3.05, 3.63) is 23.3 Å². The van der Waals surface area contributed by atoms with Gasteiger partial charge in [0.2, 0.25) is 5.82 Å². The second-order valence-corrected chi connectivity index (χ2v) is 3.73. The van der Waals surface area contributed by atoms with Gasteiger partial charge in [-0.2, -0.15) is 0 Å². The zero-order valence-corrected chi connectivity index (χ0v) is 8.61. The summed E-state index contributed by atoms with van der Waals surface area (Å²) in [5.74, 6) is -0.717. The Labute approximate surface area is 83.0 Å². The van der Waals surface area contributed by atoms with Gasteiger partial charge in [0.15, 0.2) is 0 Å². The molecule has 0 amide bonds. The molecular weight excluding hydrogens is 180 g/mol. The zero-order chi connectivity index (χ0) is 10.7. The predicted octanol–water partition coefficient (Wildman–Crippen LogP) is 1.68. The van der Waals surface area contributed by atoms with Crippen LogP contribution in [0.4, 0.5) is 0 Å². The molecule has 4 nitrogen and oxygen atoms in total. The summed E-state index contributed by atoms with van der Waals surface area (Å²) in [7, 11) is 0. The highest BCUT2D eigenvalue weighted by Gasteiger charge is 2.09. The SMILES string of the molecule is Cc1cc(CC(C)C)nc(C(=O)O)n1. The van der Waals surface area contributed by atoms with Crippen LogP contribution in [0, 0.1) is 12.8 Å². The number of carbonyl (C=O) groups is 1. The molecule has 0 fully saturated rings. The fourth-order valence-electron chi connectivity index (χ4n) is 1.25. The van der Waals surface area contributed by atoms with E-state index in [1.54, 1.807) is 6.92 Å². The molecule has 1 aromatic rings. The first-order chi connectivity index (χ1) is 6.49. The third-order valence-corrected chi connectivity index (χ3v) is 1.72. The van der Waals surface area contributed by atoms with Crippen LogP contribution in [0.1, 0.15) is 35.9 Å². The van der Waals surface area contributed by atoms with Gasteiger partial charge < -0.3 is 5.11 Å². The molecule has 0 aromatic carbocycles. The monoisotopic (exact) mass is 194 g/mol. The van der Waals surface area contributed by atoms with Gasteiger partial charge in [-0.1, -0.05) is 13.8 Å². The lowest BCUT2D eigenvalue weighted by Gasteiger charge is -2.05. The van der Waals surface area contributed by atoms with Crippen molar-refractivity contribution in [3.63, 3.8) is 0 Å². The average molecular weight is 194 g/mol. The van der Waals surface area contributed by atoms with Gasteiger partial charge in [0, 0.05) is 11.4 Å². The maximum absolute atomic E-state index is 10.7. The third-order valence-electron chi connectivity index (χ3n) is 1.72. The first-order valence-electron chi connectivity index (χ1n) is 4.57. The summed E-state index contributed by atoms with van der Waals surface area (Å²) in [6, 6.07) is 1.83. The molecule has 1 N–H and O–H groups in total. The van der Waals surface area contributed by atoms with Crippen LogP contribution in [0.15, 0.2) is 6.07 Å². The number of carboxylic acid groups (broad SMARTS) is 1. The number of hydrogen-bond donors (Lipinski definition) is 1. The van der Waals surface area contributed by atoms with E-state index in [0.717, 1.165) is 12.1 Å². The Morgan fingerprint density at radius 2 is 2.14 bits per heavy atom. The highest BCUT2D eigenvalue weighted by molar-refractivity contribution is 5.83. The normalized spacial score (nSPS) is 10.6. The van der Waals surface area contributed by atoms with Crippen LogP contribution >= 0.6 is 0 Å². The van der Waals surface area contributed by atoms with Crippen LogP contribution in [0.5, 0.6) is 0 Å². The van der Waals surface area contributed by atoms with Gasteiger partial charge in [-0.3, -0.25) is 0 Å². The second-order valence-electron chi connectivity index (χ2n) is 3.73. The van der Waals surface area contributed by atoms with Gasteiger partial charge in [0.1, 0.15) is 0 Å². The molecule has 0 radical (unpaired) electrons. The number of rotatable bonds is 3. The summed E-state index contributed by atoms with van der Waals surface area (Å²) in [4.78, 5) is 18.5. The Kier molecular flexibility index (Phi) is 3.17. The van der Waals surface area contributed by atoms with Crippen molar-refractivity contribution in [3.8, 4) is 0 Å². The van der Waals surface area contributed by atoms with E-state index >= 15 is 0 Å². The third kappa shape index (κ3) is 2.80. The fourth-order valence-corrected chi connectivity index (χ4v) is 1.25. The molecule has 1 heterocycles. The van der Waals surface area contributed by atoms with Gasteiger partial charge in [0.05, 0.1) is 0 Å². The minimum absolute atomic E-state index is 0.111. The second kappa shape index (κ2) is 4.17. The lowest BCUT2D eigenvalue weighted by Crippen LogP contribution is -2.09. The Balaban J connectivity index is 3.01. The van der Waals surface area contributed by atoms with Crippen LogP contribution in [0.2, 0.25) is 0 Å². The van der Waals surface area contributed by atoms with Crippen LogP contribution in [0.3, 0.4) is 0 Å². The van der Waals surface area contributed by atoms with Gasteiger partial charge in [-0.05, 0) is 25.3 Å². The summed E-state index contributed by atoms with van der Waals surface area (Å²) in [6.07, 6.45) is 0.781. The molecule has 0 atom stereocenters. The maximum atomic E-state index is 10.7. The summed E-state index contributed by atoms with van der Waals surface area (Å²) < 4.78 is 0. The van der Waals surface area contributed by atoms with Crippen molar-refractivity contribution >= 4 is 5.97 Å². The molecule has 0 unspecified atom stereocenters. The largest absolute Gasteiger partial charge is 0.475 e. The molecule has 0 saturated carbocycles. The maximum Gasteiger partial charge on any atom is 0.373 e. The Bertz CT molecular complexity index is 348. The lowest BCUT2D eigenvalue weighted by molar-refractivity contribution is 0.0682. The number of nitrogens with zero attached hydrogens (tertiary/aromatic N) is 2. The molecule has 1 aromatic heterocycles. The molecule has 0 aliphatic rings. The van der Waals surface area contributed by atoms with Crippen molar-refractivity contribution in [1.29, 1.82) is 0 Å². The number of aromatic carboxylic acids is 1. The van der Waals surface area contributed by atoms with E-state index in [4.69, 9.17) is 5.11 Å². The first-order valence-corrected chi connectivity index (χ1v) is 4.57. The topological polar surface area (TPSA) is 63.1 Å². The molecule has 4 heteroatoms. The van der Waals surface area contributed by atoms with Crippen molar-refractivity contribution < 1.29 is 9.90 Å². The molecule has 0 aliphatic heterocycles. The molecule has 76 valence electrons. The summed E-state index contributed by atoms with van der Waals surface area (Å²) >= 11 is 0. The van der Waals surface area contributed by atoms with E-state index in [-0.39, 0.29) is 5.82 Å². The van der Waals surface area contributed by atoms with Crippen molar-refractivity contribution in [2.24, 2.45) is 5.92 Å². The smallest absolute Gasteiger partial charge is 0.373 e. The lowest BCUT2D eigenvalue weighted by atomic mass is 10.1. The van der Waals surface area contributed by atoms with Crippen LogP contribution in [0.25, 0.3) is 0 Å². The summed E-state index contributed by atoms with van der Waals surface area (Å²) in [5, 5.41) is 8.74. The van der Waals surface area contributed by atoms with Gasteiger partial charge in [-0.15, -0.1) is 0 Å². The van der Waals surface area contributed by atoms with Crippen molar-refractivity contribution in [2.75, 3.05) is 0 Å². The average Bonchev–Trinajstić information content (AvgIpc) is 2.01. The number of carboxylic acids is 1. The minimum Gasteiger partial charge on any atom is -0.475 e. The van der Waals surface area contributed by atoms with Gasteiger partial charge >= 0.3 is 5.97 Å². The Hall–Kier alpha value is -1.45. The van der Waals surface area contributed by atoms with Crippen LogP contribution in [-0.4, -0.2) is 21.0 Å². The quantitative estimate of drug-likeness (QED) is 0.795. The predicted molar refractivity (Wildman–Crippen MR) is 52.3 cm³/mol. The molecular formula is C10H14N2O2. The van der Waals surface area contributed by atoms with E-state index in [1.165, 1.54) is 0 Å². The Morgan fingerprint density at radius 3 is 2.64 bits per heavy atom. The van der Waals surface area contributed by atoms with E-state index in [2.05, 4.69) is 23.8 Å². The molecule has 0 bridgehead atoms. The van der Waals surface area contributed by atoms with Gasteiger partial charge in [0.25, 0.3) is 0 Å². The number of aromatic nitrogens is 2. The molecule has 0 saturated heterocycles. The highest BCUT2D eigenvalue weighted by Crippen LogP contribution is 2.07. The van der Waals surface area contributed by atoms with Crippen molar-refractivity contribution in [2.45, 2.75) is 27.2 Å². The molecule has 14 heavy (non-hydrogen) atoms. The van der Waals surface area contributed by atoms with Crippen LogP contribution < -0.4 is 0 Å². The van der Waals surface area contributed by atoms with E-state index < -0.39 is 5.97 Å². The van der Waals surface area contributed by atoms with Gasteiger partial charge in [-0.25, -0.2) is 14.8 Å².